The highest BCUT2D eigenvalue weighted by molar-refractivity contribution is 6.31. The van der Waals surface area contributed by atoms with Crippen molar-refractivity contribution in [2.24, 2.45) is 16.7 Å². The van der Waals surface area contributed by atoms with Crippen LogP contribution in [-0.4, -0.2) is 21.7 Å². The van der Waals surface area contributed by atoms with Gasteiger partial charge in [0.2, 0.25) is 0 Å². The van der Waals surface area contributed by atoms with Crippen molar-refractivity contribution in [3.05, 3.63) is 75.9 Å². The molecule has 3 aromatic rings. The summed E-state index contributed by atoms with van der Waals surface area (Å²) in [5, 5.41) is 9.12. The van der Waals surface area contributed by atoms with Gasteiger partial charge in [-0.05, 0) is 93.0 Å². The van der Waals surface area contributed by atoms with Gasteiger partial charge in [0, 0.05) is 16.6 Å². The Morgan fingerprint density at radius 2 is 1.78 bits per heavy atom. The van der Waals surface area contributed by atoms with Gasteiger partial charge < -0.3 is 5.32 Å². The van der Waals surface area contributed by atoms with E-state index < -0.39 is 5.54 Å². The Balaban J connectivity index is 1.56. The van der Waals surface area contributed by atoms with Crippen LogP contribution >= 0.6 is 11.6 Å². The number of hydrogen-bond donors (Lipinski definition) is 1. The number of aryl methyl sites for hydroxylation is 2. The zero-order valence-corrected chi connectivity index (χ0v) is 23.3. The number of aromatic nitrogens is 2. The lowest BCUT2D eigenvalue weighted by Crippen LogP contribution is -2.52. The van der Waals surface area contributed by atoms with Gasteiger partial charge >= 0.3 is 0 Å². The number of fused-ring (bicyclic) bond motifs is 2. The van der Waals surface area contributed by atoms with Crippen LogP contribution in [0.3, 0.4) is 0 Å². The zero-order chi connectivity index (χ0) is 26.0. The van der Waals surface area contributed by atoms with Gasteiger partial charge in [-0.2, -0.15) is 5.10 Å². The van der Waals surface area contributed by atoms with Gasteiger partial charge in [0.25, 0.3) is 5.91 Å². The summed E-state index contributed by atoms with van der Waals surface area (Å²) in [6, 6.07) is 16.6. The van der Waals surface area contributed by atoms with E-state index in [0.29, 0.717) is 11.6 Å². The molecule has 2 unspecified atom stereocenters. The SMILES string of the molecule is Cc1ccc(C(C)(C)n2nc(C(=O)NC3C(C)(C)C4CC[C@@]3(C)C4)cc2-c2ccc(Cl)c(C)c2)cc1. The summed E-state index contributed by atoms with van der Waals surface area (Å²) < 4.78 is 2.00. The minimum absolute atomic E-state index is 0.0858. The fraction of sp³-hybridized carbons (Fsp3) is 0.484. The third-order valence-electron chi connectivity index (χ3n) is 9.23. The lowest BCUT2D eigenvalue weighted by Gasteiger charge is -2.43. The van der Waals surface area contributed by atoms with Gasteiger partial charge in [-0.25, -0.2) is 0 Å². The monoisotopic (exact) mass is 503 g/mol. The summed E-state index contributed by atoms with van der Waals surface area (Å²) in [6.07, 6.45) is 3.63. The summed E-state index contributed by atoms with van der Waals surface area (Å²) in [6.45, 7) is 15.4. The summed E-state index contributed by atoms with van der Waals surface area (Å²) in [7, 11) is 0. The molecule has 2 aliphatic carbocycles. The van der Waals surface area contributed by atoms with E-state index in [1.54, 1.807) is 0 Å². The van der Waals surface area contributed by atoms with Gasteiger partial charge in [0.15, 0.2) is 5.69 Å². The second-order valence-corrected chi connectivity index (χ2v) is 12.9. The molecule has 3 atom stereocenters. The molecular formula is C31H38ClN3O. The Bertz CT molecular complexity index is 1320. The highest BCUT2D eigenvalue weighted by Gasteiger charge is 2.59. The topological polar surface area (TPSA) is 46.9 Å². The van der Waals surface area contributed by atoms with Crippen LogP contribution < -0.4 is 5.32 Å². The molecule has 2 saturated carbocycles. The molecule has 2 aliphatic rings. The standard InChI is InChI=1S/C31H38ClN3O/c1-19-8-11-22(12-9-19)30(5,6)35-26(21-10-13-24(32)20(2)16-21)17-25(34-35)27(36)33-28-29(3,4)23-14-15-31(28,7)18-23/h8-13,16-17,23,28H,14-15,18H2,1-7H3,(H,33,36)/t23?,28?,31-/m0/s1. The van der Waals surface area contributed by atoms with Crippen molar-refractivity contribution in [2.45, 2.75) is 79.3 Å². The Morgan fingerprint density at radius 3 is 2.39 bits per heavy atom. The maximum absolute atomic E-state index is 13.7. The third-order valence-corrected chi connectivity index (χ3v) is 9.65. The van der Waals surface area contributed by atoms with E-state index in [1.165, 1.54) is 24.8 Å². The maximum Gasteiger partial charge on any atom is 0.272 e. The highest BCUT2D eigenvalue weighted by Crippen LogP contribution is 2.62. The fourth-order valence-corrected chi connectivity index (χ4v) is 7.00. The number of amides is 1. The molecular weight excluding hydrogens is 466 g/mol. The van der Waals surface area contributed by atoms with E-state index in [9.17, 15) is 4.79 Å². The first-order valence-electron chi connectivity index (χ1n) is 13.1. The second kappa shape index (κ2) is 8.48. The maximum atomic E-state index is 13.7. The number of nitrogens with zero attached hydrogens (tertiary/aromatic N) is 2. The smallest absolute Gasteiger partial charge is 0.272 e. The molecule has 1 N–H and O–H groups in total. The van der Waals surface area contributed by atoms with Crippen LogP contribution in [0.4, 0.5) is 0 Å². The lowest BCUT2D eigenvalue weighted by molar-refractivity contribution is 0.0732. The van der Waals surface area contributed by atoms with Gasteiger partial charge in [0.1, 0.15) is 0 Å². The van der Waals surface area contributed by atoms with Crippen LogP contribution in [0.25, 0.3) is 11.3 Å². The molecule has 1 aromatic heterocycles. The molecule has 1 heterocycles. The molecule has 190 valence electrons. The van der Waals surface area contributed by atoms with Crippen LogP contribution in [0.1, 0.15) is 81.1 Å². The number of carbonyl (C=O) groups excluding carboxylic acids is 1. The minimum atomic E-state index is -0.465. The van der Waals surface area contributed by atoms with Gasteiger partial charge in [-0.15, -0.1) is 0 Å². The Kier molecular flexibility index (Phi) is 5.91. The molecule has 2 bridgehead atoms. The largest absolute Gasteiger partial charge is 0.347 e. The average Bonchev–Trinajstić information content (AvgIpc) is 3.49. The van der Waals surface area contributed by atoms with Crippen LogP contribution in [0.15, 0.2) is 48.5 Å². The molecule has 1 amide bonds. The number of carbonyl (C=O) groups is 1. The van der Waals surface area contributed by atoms with Crippen LogP contribution in [-0.2, 0) is 5.54 Å². The van der Waals surface area contributed by atoms with Crippen LogP contribution in [0.5, 0.6) is 0 Å². The minimum Gasteiger partial charge on any atom is -0.347 e. The molecule has 2 aromatic carbocycles. The normalized spacial score (nSPS) is 24.8. The van der Waals surface area contributed by atoms with Crippen molar-refractivity contribution in [1.29, 1.82) is 0 Å². The van der Waals surface area contributed by atoms with Gasteiger partial charge in [0.05, 0.1) is 11.2 Å². The Morgan fingerprint density at radius 1 is 1.08 bits per heavy atom. The summed E-state index contributed by atoms with van der Waals surface area (Å²) in [5.41, 5.74) is 5.48. The van der Waals surface area contributed by atoms with Crippen molar-refractivity contribution in [1.82, 2.24) is 15.1 Å². The molecule has 36 heavy (non-hydrogen) atoms. The molecule has 0 saturated heterocycles. The number of hydrogen-bond acceptors (Lipinski definition) is 2. The van der Waals surface area contributed by atoms with Crippen molar-refractivity contribution in [3.8, 4) is 11.3 Å². The number of rotatable bonds is 5. The van der Waals surface area contributed by atoms with Crippen molar-refractivity contribution in [3.63, 3.8) is 0 Å². The molecule has 0 spiro atoms. The van der Waals surface area contributed by atoms with E-state index >= 15 is 0 Å². The van der Waals surface area contributed by atoms with Crippen LogP contribution in [0, 0.1) is 30.6 Å². The molecule has 0 aliphatic heterocycles. The first kappa shape index (κ1) is 25.1. The zero-order valence-electron chi connectivity index (χ0n) is 22.6. The third kappa shape index (κ3) is 3.98. The molecule has 4 nitrogen and oxygen atoms in total. The molecule has 2 fully saturated rings. The van der Waals surface area contributed by atoms with E-state index in [2.05, 4.69) is 77.2 Å². The van der Waals surface area contributed by atoms with E-state index in [4.69, 9.17) is 16.7 Å². The molecule has 5 heteroatoms. The predicted molar refractivity (Wildman–Crippen MR) is 147 cm³/mol. The average molecular weight is 504 g/mol. The summed E-state index contributed by atoms with van der Waals surface area (Å²) in [5.74, 6) is 0.575. The first-order chi connectivity index (χ1) is 16.8. The molecule has 0 radical (unpaired) electrons. The number of nitrogens with one attached hydrogen (secondary N) is 1. The van der Waals surface area contributed by atoms with Crippen molar-refractivity contribution >= 4 is 17.5 Å². The fourth-order valence-electron chi connectivity index (χ4n) is 6.88. The summed E-state index contributed by atoms with van der Waals surface area (Å²) >= 11 is 6.34. The summed E-state index contributed by atoms with van der Waals surface area (Å²) in [4.78, 5) is 13.7. The van der Waals surface area contributed by atoms with Crippen molar-refractivity contribution < 1.29 is 4.79 Å². The van der Waals surface area contributed by atoms with E-state index in [-0.39, 0.29) is 22.8 Å². The van der Waals surface area contributed by atoms with Crippen LogP contribution in [0.2, 0.25) is 5.02 Å². The predicted octanol–water partition coefficient (Wildman–Crippen LogP) is 7.55. The van der Waals surface area contributed by atoms with Gasteiger partial charge in [-0.1, -0.05) is 68.3 Å². The quantitative estimate of drug-likeness (QED) is 0.390. The van der Waals surface area contributed by atoms with E-state index in [1.807, 2.05) is 29.8 Å². The number of halogens is 1. The number of benzene rings is 2. The highest BCUT2D eigenvalue weighted by atomic mass is 35.5. The van der Waals surface area contributed by atoms with E-state index in [0.717, 1.165) is 27.4 Å². The Hall–Kier alpha value is -2.59. The Labute approximate surface area is 220 Å². The lowest BCUT2D eigenvalue weighted by atomic mass is 9.68. The second-order valence-electron chi connectivity index (χ2n) is 12.5. The van der Waals surface area contributed by atoms with Gasteiger partial charge in [-0.3, -0.25) is 9.48 Å². The first-order valence-corrected chi connectivity index (χ1v) is 13.5. The molecule has 5 rings (SSSR count). The van der Waals surface area contributed by atoms with Crippen molar-refractivity contribution in [2.75, 3.05) is 0 Å².